The quantitative estimate of drug-likeness (QED) is 0.809. The number of imidazole rings is 1. The Bertz CT molecular complexity index is 530. The Hall–Kier alpha value is -1.00. The van der Waals surface area contributed by atoms with E-state index in [1.165, 1.54) is 11.3 Å². The number of aryl methyl sites for hydroxylation is 1. The Kier molecular flexibility index (Phi) is 5.92. The van der Waals surface area contributed by atoms with Gasteiger partial charge in [-0.3, -0.25) is 0 Å². The summed E-state index contributed by atoms with van der Waals surface area (Å²) in [6.45, 7) is 6.46. The maximum atomic E-state index is 4.85. The molecule has 3 nitrogen and oxygen atoms in total. The molecule has 1 aromatic heterocycles. The average Bonchev–Trinajstić information content (AvgIpc) is 2.78. The van der Waals surface area contributed by atoms with Crippen molar-refractivity contribution in [3.05, 3.63) is 30.1 Å². The predicted molar refractivity (Wildman–Crippen MR) is 89.6 cm³/mol. The fourth-order valence-corrected chi connectivity index (χ4v) is 3.29. The molecule has 2 aromatic rings. The summed E-state index contributed by atoms with van der Waals surface area (Å²) in [5, 5.41) is 3.57. The lowest BCUT2D eigenvalue weighted by Gasteiger charge is -2.17. The number of benzene rings is 1. The first kappa shape index (κ1) is 15.4. The van der Waals surface area contributed by atoms with Crippen LogP contribution in [-0.2, 0) is 13.0 Å². The highest BCUT2D eigenvalue weighted by Gasteiger charge is 2.14. The van der Waals surface area contributed by atoms with Crippen LogP contribution >= 0.6 is 11.8 Å². The van der Waals surface area contributed by atoms with Crippen molar-refractivity contribution in [3.8, 4) is 0 Å². The topological polar surface area (TPSA) is 29.9 Å². The van der Waals surface area contributed by atoms with Gasteiger partial charge < -0.3 is 9.88 Å². The SMILES string of the molecule is CCCn1c(CC(CSC)NCC)nc2ccccc21. The number of rotatable bonds is 8. The molecule has 0 amide bonds. The van der Waals surface area contributed by atoms with Crippen molar-refractivity contribution in [1.29, 1.82) is 0 Å². The van der Waals surface area contributed by atoms with E-state index in [4.69, 9.17) is 4.98 Å². The van der Waals surface area contributed by atoms with Crippen LogP contribution in [-0.4, -0.2) is 34.1 Å². The Morgan fingerprint density at radius 3 is 2.80 bits per heavy atom. The van der Waals surface area contributed by atoms with E-state index >= 15 is 0 Å². The van der Waals surface area contributed by atoms with Gasteiger partial charge in [0.25, 0.3) is 0 Å². The Balaban J connectivity index is 2.29. The van der Waals surface area contributed by atoms with E-state index in [1.54, 1.807) is 0 Å². The number of aromatic nitrogens is 2. The molecule has 0 spiro atoms. The lowest BCUT2D eigenvalue weighted by Crippen LogP contribution is -2.34. The van der Waals surface area contributed by atoms with Crippen LogP contribution in [0.3, 0.4) is 0 Å². The second-order valence-corrected chi connectivity index (χ2v) is 5.99. The van der Waals surface area contributed by atoms with Crippen LogP contribution in [0.5, 0.6) is 0 Å². The number of hydrogen-bond acceptors (Lipinski definition) is 3. The number of nitrogens with zero attached hydrogens (tertiary/aromatic N) is 2. The second kappa shape index (κ2) is 7.70. The largest absolute Gasteiger partial charge is 0.328 e. The molecule has 1 N–H and O–H groups in total. The van der Waals surface area contributed by atoms with Gasteiger partial charge in [0.05, 0.1) is 11.0 Å². The smallest absolute Gasteiger partial charge is 0.111 e. The van der Waals surface area contributed by atoms with Crippen molar-refractivity contribution in [3.63, 3.8) is 0 Å². The number of thioether (sulfide) groups is 1. The zero-order chi connectivity index (χ0) is 14.4. The van der Waals surface area contributed by atoms with Gasteiger partial charge in [0, 0.05) is 24.8 Å². The van der Waals surface area contributed by atoms with Crippen LogP contribution in [0, 0.1) is 0 Å². The zero-order valence-electron chi connectivity index (χ0n) is 12.7. The monoisotopic (exact) mass is 291 g/mol. The van der Waals surface area contributed by atoms with E-state index in [0.717, 1.165) is 37.2 Å². The molecule has 1 atom stereocenters. The van der Waals surface area contributed by atoms with Crippen LogP contribution in [0.4, 0.5) is 0 Å². The first-order chi connectivity index (χ1) is 9.80. The average molecular weight is 291 g/mol. The van der Waals surface area contributed by atoms with Crippen LogP contribution in [0.2, 0.25) is 0 Å². The Morgan fingerprint density at radius 2 is 2.10 bits per heavy atom. The van der Waals surface area contributed by atoms with Crippen molar-refractivity contribution in [2.45, 2.75) is 39.3 Å². The molecule has 0 bridgehead atoms. The molecule has 110 valence electrons. The molecule has 0 aliphatic carbocycles. The Morgan fingerprint density at radius 1 is 1.30 bits per heavy atom. The third-order valence-electron chi connectivity index (χ3n) is 3.47. The number of likely N-dealkylation sites (N-methyl/N-ethyl adjacent to an activating group) is 1. The summed E-state index contributed by atoms with van der Waals surface area (Å²) in [5.74, 6) is 2.34. The highest BCUT2D eigenvalue weighted by Crippen LogP contribution is 2.18. The molecule has 4 heteroatoms. The van der Waals surface area contributed by atoms with Gasteiger partial charge in [-0.05, 0) is 31.4 Å². The molecule has 0 aliphatic rings. The highest BCUT2D eigenvalue weighted by molar-refractivity contribution is 7.98. The number of nitrogens with one attached hydrogen (secondary N) is 1. The van der Waals surface area contributed by atoms with Gasteiger partial charge in [-0.2, -0.15) is 11.8 Å². The van der Waals surface area contributed by atoms with E-state index < -0.39 is 0 Å². The van der Waals surface area contributed by atoms with Crippen molar-refractivity contribution in [2.75, 3.05) is 18.6 Å². The maximum absolute atomic E-state index is 4.85. The Labute approximate surface area is 126 Å². The minimum atomic E-state index is 0.502. The third kappa shape index (κ3) is 3.55. The van der Waals surface area contributed by atoms with Gasteiger partial charge in [0.15, 0.2) is 0 Å². The third-order valence-corrected chi connectivity index (χ3v) is 4.21. The van der Waals surface area contributed by atoms with E-state index in [9.17, 15) is 0 Å². The van der Waals surface area contributed by atoms with Crippen LogP contribution in [0.25, 0.3) is 11.0 Å². The summed E-state index contributed by atoms with van der Waals surface area (Å²) in [6, 6.07) is 8.96. The standard InChI is InChI=1S/C16H25N3S/c1-4-10-19-15-9-7-6-8-14(15)18-16(19)11-13(12-20-3)17-5-2/h6-9,13,17H,4-5,10-12H2,1-3H3. The minimum absolute atomic E-state index is 0.502. The van der Waals surface area contributed by atoms with E-state index in [-0.39, 0.29) is 0 Å². The number of hydrogen-bond donors (Lipinski definition) is 1. The van der Waals surface area contributed by atoms with Gasteiger partial charge in [-0.25, -0.2) is 4.98 Å². The molecule has 1 aromatic carbocycles. The summed E-state index contributed by atoms with van der Waals surface area (Å²) in [4.78, 5) is 4.85. The van der Waals surface area contributed by atoms with Crippen molar-refractivity contribution >= 4 is 22.8 Å². The fourth-order valence-electron chi connectivity index (χ4n) is 2.65. The summed E-state index contributed by atoms with van der Waals surface area (Å²) < 4.78 is 2.39. The molecule has 0 saturated heterocycles. The fraction of sp³-hybridized carbons (Fsp3) is 0.562. The first-order valence-electron chi connectivity index (χ1n) is 7.46. The number of para-hydroxylation sites is 2. The van der Waals surface area contributed by atoms with Crippen molar-refractivity contribution < 1.29 is 0 Å². The van der Waals surface area contributed by atoms with E-state index in [2.05, 4.69) is 54.3 Å². The normalized spacial score (nSPS) is 12.9. The van der Waals surface area contributed by atoms with Gasteiger partial charge in [0.1, 0.15) is 5.82 Å². The van der Waals surface area contributed by atoms with E-state index in [1.807, 2.05) is 11.8 Å². The lowest BCUT2D eigenvalue weighted by atomic mass is 10.2. The minimum Gasteiger partial charge on any atom is -0.328 e. The molecule has 1 heterocycles. The van der Waals surface area contributed by atoms with E-state index in [0.29, 0.717) is 6.04 Å². The summed E-state index contributed by atoms with van der Waals surface area (Å²) in [7, 11) is 0. The van der Waals surface area contributed by atoms with Crippen molar-refractivity contribution in [2.24, 2.45) is 0 Å². The molecule has 0 radical (unpaired) electrons. The highest BCUT2D eigenvalue weighted by atomic mass is 32.2. The van der Waals surface area contributed by atoms with Gasteiger partial charge in [-0.15, -0.1) is 0 Å². The molecule has 1 unspecified atom stereocenters. The second-order valence-electron chi connectivity index (χ2n) is 5.08. The maximum Gasteiger partial charge on any atom is 0.111 e. The van der Waals surface area contributed by atoms with Crippen LogP contribution in [0.15, 0.2) is 24.3 Å². The van der Waals surface area contributed by atoms with Crippen LogP contribution < -0.4 is 5.32 Å². The first-order valence-corrected chi connectivity index (χ1v) is 8.86. The predicted octanol–water partition coefficient (Wildman–Crippen LogP) is 3.33. The molecule has 2 rings (SSSR count). The number of fused-ring (bicyclic) bond motifs is 1. The van der Waals surface area contributed by atoms with Crippen molar-refractivity contribution in [1.82, 2.24) is 14.9 Å². The molecule has 0 saturated carbocycles. The van der Waals surface area contributed by atoms with Gasteiger partial charge in [-0.1, -0.05) is 26.0 Å². The lowest BCUT2D eigenvalue weighted by molar-refractivity contribution is 0.538. The van der Waals surface area contributed by atoms with Gasteiger partial charge >= 0.3 is 0 Å². The molecule has 0 fully saturated rings. The van der Waals surface area contributed by atoms with Gasteiger partial charge in [0.2, 0.25) is 0 Å². The summed E-state index contributed by atoms with van der Waals surface area (Å²) >= 11 is 1.90. The van der Waals surface area contributed by atoms with Crippen LogP contribution in [0.1, 0.15) is 26.1 Å². The molecule has 20 heavy (non-hydrogen) atoms. The zero-order valence-corrected chi connectivity index (χ0v) is 13.5. The summed E-state index contributed by atoms with van der Waals surface area (Å²) in [5.41, 5.74) is 2.39. The molecule has 0 aliphatic heterocycles. The molecular formula is C16H25N3S. The molecular weight excluding hydrogens is 266 g/mol. The summed E-state index contributed by atoms with van der Waals surface area (Å²) in [6.07, 6.45) is 4.31.